The fourth-order valence-electron chi connectivity index (χ4n) is 1.13. The van der Waals surface area contributed by atoms with E-state index in [1.807, 2.05) is 12.1 Å². The monoisotopic (exact) mass is 350 g/mol. The number of hydrogen-bond acceptors (Lipinski definition) is 3. The van der Waals surface area contributed by atoms with Crippen LogP contribution in [0.4, 0.5) is 0 Å². The molecule has 5 heteroatoms. The Balaban J connectivity index is 2.67. The Labute approximate surface area is 111 Å². The Morgan fingerprint density at radius 2 is 2.00 bits per heavy atom. The lowest BCUT2D eigenvalue weighted by atomic mass is 10.2. The average Bonchev–Trinajstić information content (AvgIpc) is 2.30. The number of alkyl halides is 1. The first-order chi connectivity index (χ1) is 7.67. The van der Waals surface area contributed by atoms with Crippen LogP contribution >= 0.6 is 31.9 Å². The zero-order valence-electron chi connectivity index (χ0n) is 8.78. The molecule has 88 valence electrons. The maximum absolute atomic E-state index is 11.4. The van der Waals surface area contributed by atoms with Gasteiger partial charge in [0.15, 0.2) is 6.10 Å². The van der Waals surface area contributed by atoms with E-state index in [9.17, 15) is 4.79 Å². The zero-order chi connectivity index (χ0) is 12.0. The van der Waals surface area contributed by atoms with E-state index in [0.29, 0.717) is 17.5 Å². The van der Waals surface area contributed by atoms with Crippen LogP contribution in [0.2, 0.25) is 0 Å². The summed E-state index contributed by atoms with van der Waals surface area (Å²) in [5.41, 5.74) is 0. The van der Waals surface area contributed by atoms with Crippen LogP contribution in [-0.4, -0.2) is 24.5 Å². The largest absolute Gasteiger partial charge is 0.479 e. The topological polar surface area (TPSA) is 35.5 Å². The number of carbonyl (C=O) groups is 1. The van der Waals surface area contributed by atoms with Crippen LogP contribution in [0.15, 0.2) is 28.7 Å². The van der Waals surface area contributed by atoms with E-state index >= 15 is 0 Å². The molecule has 3 nitrogen and oxygen atoms in total. The zero-order valence-corrected chi connectivity index (χ0v) is 12.0. The van der Waals surface area contributed by atoms with Crippen molar-refractivity contribution in [3.8, 4) is 5.75 Å². The van der Waals surface area contributed by atoms with E-state index in [2.05, 4.69) is 36.6 Å². The molecule has 1 atom stereocenters. The smallest absolute Gasteiger partial charge is 0.347 e. The molecule has 0 aromatic heterocycles. The summed E-state index contributed by atoms with van der Waals surface area (Å²) in [6.07, 6.45) is 0.00785. The molecule has 16 heavy (non-hydrogen) atoms. The van der Waals surface area contributed by atoms with Crippen molar-refractivity contribution in [3.05, 3.63) is 28.7 Å². The molecule has 1 aromatic rings. The lowest BCUT2D eigenvalue weighted by molar-refractivity contribution is -0.148. The van der Waals surface area contributed by atoms with Crippen molar-refractivity contribution < 1.29 is 14.3 Å². The van der Waals surface area contributed by atoms with Gasteiger partial charge in [0, 0.05) is 16.2 Å². The van der Waals surface area contributed by atoms with Crippen molar-refractivity contribution in [1.82, 2.24) is 0 Å². The minimum absolute atomic E-state index is 0.359. The molecule has 0 aliphatic carbocycles. The molecule has 0 saturated heterocycles. The van der Waals surface area contributed by atoms with Gasteiger partial charge in [-0.05, 0) is 24.3 Å². The molecule has 0 radical (unpaired) electrons. The van der Waals surface area contributed by atoms with Gasteiger partial charge in [-0.2, -0.15) is 0 Å². The van der Waals surface area contributed by atoms with Crippen molar-refractivity contribution in [2.75, 3.05) is 12.4 Å². The number of esters is 1. The van der Waals surface area contributed by atoms with Crippen LogP contribution in [0.1, 0.15) is 6.42 Å². The minimum atomic E-state index is -0.564. The number of rotatable bonds is 5. The van der Waals surface area contributed by atoms with Gasteiger partial charge in [-0.15, -0.1) is 0 Å². The number of ether oxygens (including phenoxy) is 2. The summed E-state index contributed by atoms with van der Waals surface area (Å²) in [7, 11) is 1.36. The lowest BCUT2D eigenvalue weighted by Gasteiger charge is -2.15. The van der Waals surface area contributed by atoms with Crippen molar-refractivity contribution in [1.29, 1.82) is 0 Å². The van der Waals surface area contributed by atoms with E-state index < -0.39 is 6.10 Å². The Hall–Kier alpha value is -0.550. The van der Waals surface area contributed by atoms with Gasteiger partial charge in [-0.1, -0.05) is 31.9 Å². The Morgan fingerprint density at radius 3 is 2.50 bits per heavy atom. The van der Waals surface area contributed by atoms with E-state index in [4.69, 9.17) is 4.74 Å². The third-order valence-corrected chi connectivity index (χ3v) is 2.91. The summed E-state index contributed by atoms with van der Waals surface area (Å²) in [6.45, 7) is 0. The molecule has 0 saturated carbocycles. The summed E-state index contributed by atoms with van der Waals surface area (Å²) in [5, 5.41) is 0.684. The Kier molecular flexibility index (Phi) is 5.84. The van der Waals surface area contributed by atoms with Crippen LogP contribution in [0.5, 0.6) is 5.75 Å². The van der Waals surface area contributed by atoms with Crippen LogP contribution in [0.25, 0.3) is 0 Å². The second kappa shape index (κ2) is 6.91. The maximum atomic E-state index is 11.4. The molecule has 0 N–H and O–H groups in total. The van der Waals surface area contributed by atoms with Crippen LogP contribution in [0, 0.1) is 0 Å². The lowest BCUT2D eigenvalue weighted by Crippen LogP contribution is -2.28. The molecule has 0 fully saturated rings. The van der Waals surface area contributed by atoms with Crippen LogP contribution in [-0.2, 0) is 9.53 Å². The highest BCUT2D eigenvalue weighted by molar-refractivity contribution is 9.10. The van der Waals surface area contributed by atoms with Crippen molar-refractivity contribution >= 4 is 37.8 Å². The summed E-state index contributed by atoms with van der Waals surface area (Å²) in [5.74, 6) is 0.293. The fourth-order valence-corrected chi connectivity index (χ4v) is 1.81. The number of halogens is 2. The number of hydrogen-bond donors (Lipinski definition) is 0. The first kappa shape index (κ1) is 13.5. The molecular weight excluding hydrogens is 340 g/mol. The number of benzene rings is 1. The SMILES string of the molecule is COC(=O)C(CCBr)Oc1ccc(Br)cc1. The highest BCUT2D eigenvalue weighted by atomic mass is 79.9. The number of methoxy groups -OCH3 is 1. The molecule has 1 rings (SSSR count). The normalized spacial score (nSPS) is 11.9. The van der Waals surface area contributed by atoms with Gasteiger partial charge in [-0.25, -0.2) is 4.79 Å². The second-order valence-corrected chi connectivity index (χ2v) is 4.77. The van der Waals surface area contributed by atoms with Crippen molar-refractivity contribution in [2.24, 2.45) is 0 Å². The first-order valence-electron chi connectivity index (χ1n) is 4.73. The standard InChI is InChI=1S/C11H12Br2O3/c1-15-11(14)10(6-7-12)16-9-4-2-8(13)3-5-9/h2-5,10H,6-7H2,1H3. The van der Waals surface area contributed by atoms with Gasteiger partial charge in [0.25, 0.3) is 0 Å². The second-order valence-electron chi connectivity index (χ2n) is 3.06. The van der Waals surface area contributed by atoms with Crippen LogP contribution in [0.3, 0.4) is 0 Å². The van der Waals surface area contributed by atoms with Gasteiger partial charge >= 0.3 is 5.97 Å². The summed E-state index contributed by atoms with van der Waals surface area (Å²) in [4.78, 5) is 11.4. The van der Waals surface area contributed by atoms with E-state index in [1.165, 1.54) is 7.11 Å². The van der Waals surface area contributed by atoms with Gasteiger partial charge < -0.3 is 9.47 Å². The number of carbonyl (C=O) groups excluding carboxylic acids is 1. The quantitative estimate of drug-likeness (QED) is 0.603. The maximum Gasteiger partial charge on any atom is 0.347 e. The molecule has 0 bridgehead atoms. The van der Waals surface area contributed by atoms with Gasteiger partial charge in [0.2, 0.25) is 0 Å². The summed E-state index contributed by atoms with van der Waals surface area (Å²) < 4.78 is 11.2. The molecule has 0 aliphatic heterocycles. The average molecular weight is 352 g/mol. The molecule has 0 spiro atoms. The molecule has 1 unspecified atom stereocenters. The van der Waals surface area contributed by atoms with Crippen molar-refractivity contribution in [2.45, 2.75) is 12.5 Å². The van der Waals surface area contributed by atoms with Gasteiger partial charge in [0.05, 0.1) is 7.11 Å². The summed E-state index contributed by atoms with van der Waals surface area (Å²) >= 11 is 6.61. The minimum Gasteiger partial charge on any atom is -0.479 e. The van der Waals surface area contributed by atoms with E-state index in [0.717, 1.165) is 4.47 Å². The molecular formula is C11H12Br2O3. The van der Waals surface area contributed by atoms with E-state index in [1.54, 1.807) is 12.1 Å². The predicted octanol–water partition coefficient (Wildman–Crippen LogP) is 3.15. The highest BCUT2D eigenvalue weighted by Gasteiger charge is 2.20. The van der Waals surface area contributed by atoms with Crippen LogP contribution < -0.4 is 4.74 Å². The summed E-state index contributed by atoms with van der Waals surface area (Å²) in [6, 6.07) is 7.32. The molecule has 1 aromatic carbocycles. The molecule has 0 heterocycles. The third kappa shape index (κ3) is 4.14. The van der Waals surface area contributed by atoms with Gasteiger partial charge in [-0.3, -0.25) is 0 Å². The highest BCUT2D eigenvalue weighted by Crippen LogP contribution is 2.18. The first-order valence-corrected chi connectivity index (χ1v) is 6.65. The Bertz CT molecular complexity index is 338. The van der Waals surface area contributed by atoms with E-state index in [-0.39, 0.29) is 5.97 Å². The molecule has 0 amide bonds. The Morgan fingerprint density at radius 1 is 1.38 bits per heavy atom. The predicted molar refractivity (Wildman–Crippen MR) is 69.0 cm³/mol. The fraction of sp³-hybridized carbons (Fsp3) is 0.364. The van der Waals surface area contributed by atoms with Gasteiger partial charge in [0.1, 0.15) is 5.75 Å². The third-order valence-electron chi connectivity index (χ3n) is 1.93. The van der Waals surface area contributed by atoms with Crippen molar-refractivity contribution in [3.63, 3.8) is 0 Å². The molecule has 0 aliphatic rings.